The lowest BCUT2D eigenvalue weighted by Gasteiger charge is -2.19. The van der Waals surface area contributed by atoms with Gasteiger partial charge in [0.25, 0.3) is 5.69 Å². The van der Waals surface area contributed by atoms with Crippen LogP contribution in [0.3, 0.4) is 0 Å². The number of benzene rings is 1. The van der Waals surface area contributed by atoms with E-state index >= 15 is 0 Å². The number of carbonyl (C=O) groups is 2. The Labute approximate surface area is 116 Å². The third kappa shape index (κ3) is 4.46. The molecule has 0 aromatic heterocycles. The average Bonchev–Trinajstić information content (AvgIpc) is 2.25. The van der Waals surface area contributed by atoms with E-state index in [4.69, 9.17) is 4.74 Å². The van der Waals surface area contributed by atoms with Crippen molar-refractivity contribution in [3.05, 3.63) is 39.4 Å². The molecule has 0 saturated heterocycles. The molecule has 0 atom stereocenters. The van der Waals surface area contributed by atoms with E-state index in [-0.39, 0.29) is 17.7 Å². The van der Waals surface area contributed by atoms with Crippen LogP contribution in [0.4, 0.5) is 5.69 Å². The van der Waals surface area contributed by atoms with E-state index in [1.807, 2.05) is 0 Å². The molecule has 6 heteroatoms. The molecule has 0 N–H and O–H groups in total. The molecular formula is C14H17NO5. The van der Waals surface area contributed by atoms with Gasteiger partial charge in [-0.1, -0.05) is 6.07 Å². The smallest absolute Gasteiger partial charge is 0.310 e. The average molecular weight is 279 g/mol. The van der Waals surface area contributed by atoms with E-state index in [2.05, 4.69) is 0 Å². The Kier molecular flexibility index (Phi) is 4.60. The zero-order valence-corrected chi connectivity index (χ0v) is 11.9. The summed E-state index contributed by atoms with van der Waals surface area (Å²) in [5.74, 6) is -0.858. The van der Waals surface area contributed by atoms with Gasteiger partial charge in [0.1, 0.15) is 5.60 Å². The standard InChI is InChI=1S/C14H17NO5/c1-9(16)11-7-10(5-6-12(11)15(18)19)8-13(17)20-14(2,3)4/h5-7H,8H2,1-4H3. The number of ketones is 1. The number of hydrogen-bond donors (Lipinski definition) is 0. The van der Waals surface area contributed by atoms with Crippen LogP contribution in [0.5, 0.6) is 0 Å². The summed E-state index contributed by atoms with van der Waals surface area (Å²) in [6.07, 6.45) is -0.0322. The summed E-state index contributed by atoms with van der Waals surface area (Å²) in [7, 11) is 0. The molecule has 0 aliphatic carbocycles. The number of hydrogen-bond acceptors (Lipinski definition) is 5. The summed E-state index contributed by atoms with van der Waals surface area (Å²) >= 11 is 0. The zero-order chi connectivity index (χ0) is 15.5. The van der Waals surface area contributed by atoms with E-state index in [1.165, 1.54) is 25.1 Å². The zero-order valence-electron chi connectivity index (χ0n) is 11.9. The highest BCUT2D eigenvalue weighted by Crippen LogP contribution is 2.21. The van der Waals surface area contributed by atoms with Crippen LogP contribution >= 0.6 is 0 Å². The molecule has 108 valence electrons. The van der Waals surface area contributed by atoms with Gasteiger partial charge >= 0.3 is 5.97 Å². The first-order chi connectivity index (χ1) is 9.10. The minimum absolute atomic E-state index is 0.00365. The number of nitrogens with zero attached hydrogens (tertiary/aromatic N) is 1. The van der Waals surface area contributed by atoms with Gasteiger partial charge < -0.3 is 4.74 Å². The Hall–Kier alpha value is -2.24. The summed E-state index contributed by atoms with van der Waals surface area (Å²) in [5, 5.41) is 10.8. The number of Topliss-reactive ketones (excluding diaryl/α,β-unsaturated/α-hetero) is 1. The first kappa shape index (κ1) is 15.8. The molecule has 0 heterocycles. The van der Waals surface area contributed by atoms with Crippen LogP contribution in [0.1, 0.15) is 43.6 Å². The van der Waals surface area contributed by atoms with E-state index in [9.17, 15) is 19.7 Å². The fourth-order valence-corrected chi connectivity index (χ4v) is 1.68. The molecule has 0 bridgehead atoms. The maximum atomic E-state index is 11.7. The Morgan fingerprint density at radius 2 is 1.90 bits per heavy atom. The monoisotopic (exact) mass is 279 g/mol. The second kappa shape index (κ2) is 5.81. The first-order valence-electron chi connectivity index (χ1n) is 6.10. The minimum Gasteiger partial charge on any atom is -0.460 e. The Bertz CT molecular complexity index is 557. The van der Waals surface area contributed by atoms with Crippen LogP contribution in [-0.2, 0) is 16.0 Å². The molecule has 0 radical (unpaired) electrons. The van der Waals surface area contributed by atoms with Crippen molar-refractivity contribution in [2.75, 3.05) is 0 Å². The van der Waals surface area contributed by atoms with Gasteiger partial charge in [-0.15, -0.1) is 0 Å². The quantitative estimate of drug-likeness (QED) is 0.366. The van der Waals surface area contributed by atoms with E-state index in [0.717, 1.165) is 0 Å². The van der Waals surface area contributed by atoms with Crippen molar-refractivity contribution < 1.29 is 19.2 Å². The normalized spacial score (nSPS) is 11.0. The van der Waals surface area contributed by atoms with Crippen LogP contribution < -0.4 is 0 Å². The highest BCUT2D eigenvalue weighted by atomic mass is 16.6. The van der Waals surface area contributed by atoms with Crippen molar-refractivity contribution in [2.24, 2.45) is 0 Å². The van der Waals surface area contributed by atoms with Gasteiger partial charge in [-0.05, 0) is 39.3 Å². The SMILES string of the molecule is CC(=O)c1cc(CC(=O)OC(C)(C)C)ccc1[N+](=O)[O-]. The van der Waals surface area contributed by atoms with E-state index < -0.39 is 22.3 Å². The number of nitro benzene ring substituents is 1. The summed E-state index contributed by atoms with van der Waals surface area (Å²) in [6.45, 7) is 6.50. The number of nitro groups is 1. The van der Waals surface area contributed by atoms with E-state index in [1.54, 1.807) is 20.8 Å². The van der Waals surface area contributed by atoms with Gasteiger partial charge in [0.2, 0.25) is 0 Å². The fraction of sp³-hybridized carbons (Fsp3) is 0.429. The van der Waals surface area contributed by atoms with Crippen LogP contribution in [-0.4, -0.2) is 22.3 Å². The molecule has 0 saturated carbocycles. The van der Waals surface area contributed by atoms with Crippen molar-refractivity contribution in [3.8, 4) is 0 Å². The van der Waals surface area contributed by atoms with Gasteiger partial charge in [-0.2, -0.15) is 0 Å². The third-order valence-electron chi connectivity index (χ3n) is 2.41. The second-order valence-electron chi connectivity index (χ2n) is 5.43. The lowest BCUT2D eigenvalue weighted by atomic mass is 10.0. The Morgan fingerprint density at radius 3 is 2.35 bits per heavy atom. The summed E-state index contributed by atoms with van der Waals surface area (Å²) in [5.41, 5.74) is -0.349. The lowest BCUT2D eigenvalue weighted by Crippen LogP contribution is -2.25. The highest BCUT2D eigenvalue weighted by Gasteiger charge is 2.20. The summed E-state index contributed by atoms with van der Waals surface area (Å²) in [6, 6.07) is 4.05. The van der Waals surface area contributed by atoms with Crippen LogP contribution in [0.15, 0.2) is 18.2 Å². The maximum absolute atomic E-state index is 11.7. The van der Waals surface area contributed by atoms with Gasteiger partial charge in [0, 0.05) is 6.07 Å². The molecule has 0 fully saturated rings. The van der Waals surface area contributed by atoms with Crippen molar-refractivity contribution in [2.45, 2.75) is 39.7 Å². The first-order valence-corrected chi connectivity index (χ1v) is 6.10. The molecule has 1 aromatic carbocycles. The topological polar surface area (TPSA) is 86.5 Å². The number of carbonyl (C=O) groups excluding carboxylic acids is 2. The molecule has 0 aliphatic heterocycles. The Balaban J connectivity index is 2.99. The van der Waals surface area contributed by atoms with Gasteiger partial charge in [0.15, 0.2) is 5.78 Å². The van der Waals surface area contributed by atoms with E-state index in [0.29, 0.717) is 5.56 Å². The summed E-state index contributed by atoms with van der Waals surface area (Å²) < 4.78 is 5.16. The molecule has 0 unspecified atom stereocenters. The molecular weight excluding hydrogens is 262 g/mol. The lowest BCUT2D eigenvalue weighted by molar-refractivity contribution is -0.385. The second-order valence-corrected chi connectivity index (χ2v) is 5.43. The molecule has 20 heavy (non-hydrogen) atoms. The third-order valence-corrected chi connectivity index (χ3v) is 2.41. The maximum Gasteiger partial charge on any atom is 0.310 e. The van der Waals surface area contributed by atoms with Crippen molar-refractivity contribution >= 4 is 17.4 Å². The van der Waals surface area contributed by atoms with Crippen LogP contribution in [0.25, 0.3) is 0 Å². The molecule has 1 rings (SSSR count). The minimum atomic E-state index is -0.617. The predicted octanol–water partition coefficient (Wildman–Crippen LogP) is 2.68. The largest absolute Gasteiger partial charge is 0.460 e. The predicted molar refractivity (Wildman–Crippen MR) is 72.6 cm³/mol. The fourth-order valence-electron chi connectivity index (χ4n) is 1.68. The number of esters is 1. The Morgan fingerprint density at radius 1 is 1.30 bits per heavy atom. The van der Waals surface area contributed by atoms with Crippen molar-refractivity contribution in [1.29, 1.82) is 0 Å². The van der Waals surface area contributed by atoms with Crippen LogP contribution in [0.2, 0.25) is 0 Å². The molecule has 0 aliphatic rings. The van der Waals surface area contributed by atoms with Gasteiger partial charge in [-0.25, -0.2) is 0 Å². The number of ether oxygens (including phenoxy) is 1. The van der Waals surface area contributed by atoms with Crippen molar-refractivity contribution in [3.63, 3.8) is 0 Å². The molecule has 0 spiro atoms. The molecule has 6 nitrogen and oxygen atoms in total. The van der Waals surface area contributed by atoms with Gasteiger partial charge in [-0.3, -0.25) is 19.7 Å². The van der Waals surface area contributed by atoms with Crippen LogP contribution in [0, 0.1) is 10.1 Å². The number of rotatable bonds is 4. The van der Waals surface area contributed by atoms with Crippen molar-refractivity contribution in [1.82, 2.24) is 0 Å². The summed E-state index contributed by atoms with van der Waals surface area (Å²) in [4.78, 5) is 33.3. The highest BCUT2D eigenvalue weighted by molar-refractivity contribution is 5.98. The molecule has 0 amide bonds. The molecule has 1 aromatic rings. The van der Waals surface area contributed by atoms with Gasteiger partial charge in [0.05, 0.1) is 16.9 Å².